The van der Waals surface area contributed by atoms with E-state index < -0.39 is 9.84 Å². The largest absolute Gasteiger partial charge is 0.398 e. The molecule has 3 nitrogen and oxygen atoms in total. The molecule has 1 aromatic carbocycles. The van der Waals surface area contributed by atoms with Crippen LogP contribution in [-0.4, -0.2) is 14.2 Å². The molecule has 1 aromatic heterocycles. The zero-order valence-corrected chi connectivity index (χ0v) is 11.7. The molecule has 0 amide bonds. The zero-order valence-electron chi connectivity index (χ0n) is 10.1. The SMILES string of the molecule is Cc1c(N)cccc1S(=O)(=O)CCc1cccs1. The third kappa shape index (κ3) is 2.73. The highest BCUT2D eigenvalue weighted by Gasteiger charge is 2.18. The van der Waals surface area contributed by atoms with Gasteiger partial charge in [0.1, 0.15) is 0 Å². The number of nitrogens with two attached hydrogens (primary N) is 1. The Hall–Kier alpha value is -1.33. The van der Waals surface area contributed by atoms with Crippen LogP contribution in [0, 0.1) is 6.92 Å². The lowest BCUT2D eigenvalue weighted by Gasteiger charge is -2.09. The van der Waals surface area contributed by atoms with Gasteiger partial charge in [0.25, 0.3) is 0 Å². The molecule has 0 fully saturated rings. The van der Waals surface area contributed by atoms with E-state index in [1.54, 1.807) is 36.5 Å². The molecule has 0 atom stereocenters. The number of thiophene rings is 1. The Morgan fingerprint density at radius 2 is 2.00 bits per heavy atom. The molecule has 2 N–H and O–H groups in total. The molecule has 0 saturated heterocycles. The highest BCUT2D eigenvalue weighted by atomic mass is 32.2. The van der Waals surface area contributed by atoms with Gasteiger partial charge in [-0.25, -0.2) is 8.42 Å². The van der Waals surface area contributed by atoms with Gasteiger partial charge < -0.3 is 5.73 Å². The minimum Gasteiger partial charge on any atom is -0.398 e. The molecule has 0 aliphatic heterocycles. The number of sulfone groups is 1. The van der Waals surface area contributed by atoms with Crippen molar-refractivity contribution in [3.8, 4) is 0 Å². The lowest BCUT2D eigenvalue weighted by molar-refractivity contribution is 0.595. The monoisotopic (exact) mass is 281 g/mol. The molecule has 0 spiro atoms. The first-order valence-electron chi connectivity index (χ1n) is 5.61. The second-order valence-corrected chi connectivity index (χ2v) is 7.23. The van der Waals surface area contributed by atoms with E-state index in [0.717, 1.165) is 4.88 Å². The Kier molecular flexibility index (Phi) is 3.73. The average Bonchev–Trinajstić information content (AvgIpc) is 2.83. The van der Waals surface area contributed by atoms with Crippen molar-refractivity contribution in [1.82, 2.24) is 0 Å². The first kappa shape index (κ1) is 13.1. The summed E-state index contributed by atoms with van der Waals surface area (Å²) in [6.45, 7) is 1.74. The smallest absolute Gasteiger partial charge is 0.179 e. The molecule has 2 aromatic rings. The summed E-state index contributed by atoms with van der Waals surface area (Å²) < 4.78 is 24.5. The van der Waals surface area contributed by atoms with Gasteiger partial charge in [0, 0.05) is 10.6 Å². The van der Waals surface area contributed by atoms with Crippen molar-refractivity contribution in [3.05, 3.63) is 46.2 Å². The van der Waals surface area contributed by atoms with E-state index in [2.05, 4.69) is 0 Å². The lowest BCUT2D eigenvalue weighted by Crippen LogP contribution is -2.11. The van der Waals surface area contributed by atoms with E-state index in [1.807, 2.05) is 17.5 Å². The van der Waals surface area contributed by atoms with Crippen molar-refractivity contribution in [1.29, 1.82) is 0 Å². The number of nitrogen functional groups attached to an aromatic ring is 1. The zero-order chi connectivity index (χ0) is 13.2. The van der Waals surface area contributed by atoms with Crippen LogP contribution in [0.15, 0.2) is 40.6 Å². The minimum atomic E-state index is -3.26. The van der Waals surface area contributed by atoms with Gasteiger partial charge in [-0.15, -0.1) is 11.3 Å². The molecule has 2 rings (SSSR count). The number of anilines is 1. The van der Waals surface area contributed by atoms with Crippen LogP contribution in [0.2, 0.25) is 0 Å². The van der Waals surface area contributed by atoms with Gasteiger partial charge in [-0.1, -0.05) is 12.1 Å². The van der Waals surface area contributed by atoms with Crippen molar-refractivity contribution >= 4 is 26.9 Å². The van der Waals surface area contributed by atoms with Crippen LogP contribution in [0.3, 0.4) is 0 Å². The molecule has 0 aliphatic rings. The van der Waals surface area contributed by atoms with Gasteiger partial charge >= 0.3 is 0 Å². The van der Waals surface area contributed by atoms with Gasteiger partial charge in [-0.05, 0) is 42.5 Å². The predicted octanol–water partition coefficient (Wildman–Crippen LogP) is 2.66. The van der Waals surface area contributed by atoms with E-state index in [9.17, 15) is 8.42 Å². The lowest BCUT2D eigenvalue weighted by atomic mass is 10.2. The highest BCUT2D eigenvalue weighted by molar-refractivity contribution is 7.91. The maximum absolute atomic E-state index is 12.2. The molecular formula is C13H15NO2S2. The molecule has 1 heterocycles. The van der Waals surface area contributed by atoms with E-state index in [-0.39, 0.29) is 5.75 Å². The highest BCUT2D eigenvalue weighted by Crippen LogP contribution is 2.22. The van der Waals surface area contributed by atoms with Crippen LogP contribution in [0.4, 0.5) is 5.69 Å². The Labute approximate surface area is 111 Å². The maximum Gasteiger partial charge on any atom is 0.179 e. The van der Waals surface area contributed by atoms with E-state index >= 15 is 0 Å². The second kappa shape index (κ2) is 5.12. The number of hydrogen-bond acceptors (Lipinski definition) is 4. The summed E-state index contributed by atoms with van der Waals surface area (Å²) in [5.74, 6) is 0.123. The third-order valence-corrected chi connectivity index (χ3v) is 5.65. The minimum absolute atomic E-state index is 0.123. The van der Waals surface area contributed by atoms with Crippen molar-refractivity contribution in [2.75, 3.05) is 11.5 Å². The average molecular weight is 281 g/mol. The molecule has 5 heteroatoms. The second-order valence-electron chi connectivity index (χ2n) is 4.12. The Bertz CT molecular complexity index is 631. The molecule has 0 aliphatic carbocycles. The van der Waals surface area contributed by atoms with Gasteiger partial charge in [-0.3, -0.25) is 0 Å². The van der Waals surface area contributed by atoms with Crippen LogP contribution in [0.25, 0.3) is 0 Å². The van der Waals surface area contributed by atoms with Crippen LogP contribution < -0.4 is 5.73 Å². The molecule has 0 radical (unpaired) electrons. The molecule has 18 heavy (non-hydrogen) atoms. The van der Waals surface area contributed by atoms with Crippen LogP contribution in [0.5, 0.6) is 0 Å². The maximum atomic E-state index is 12.2. The summed E-state index contributed by atoms with van der Waals surface area (Å²) in [5, 5.41) is 1.95. The third-order valence-electron chi connectivity index (χ3n) is 2.86. The standard InChI is InChI=1S/C13H15NO2S2/c1-10-12(14)5-2-6-13(10)18(15,16)9-7-11-4-3-8-17-11/h2-6,8H,7,9,14H2,1H3. The Morgan fingerprint density at radius 3 is 2.67 bits per heavy atom. The van der Waals surface area contributed by atoms with Crippen molar-refractivity contribution in [2.24, 2.45) is 0 Å². The van der Waals surface area contributed by atoms with Crippen molar-refractivity contribution in [2.45, 2.75) is 18.2 Å². The molecule has 0 bridgehead atoms. The Morgan fingerprint density at radius 1 is 1.22 bits per heavy atom. The summed E-state index contributed by atoms with van der Waals surface area (Å²) in [5.41, 5.74) is 6.91. The van der Waals surface area contributed by atoms with Crippen LogP contribution in [0.1, 0.15) is 10.4 Å². The van der Waals surface area contributed by atoms with E-state index in [0.29, 0.717) is 22.6 Å². The van der Waals surface area contributed by atoms with Crippen molar-refractivity contribution < 1.29 is 8.42 Å². The number of hydrogen-bond donors (Lipinski definition) is 1. The first-order chi connectivity index (χ1) is 8.50. The molecule has 0 saturated carbocycles. The summed E-state index contributed by atoms with van der Waals surface area (Å²) in [6.07, 6.45) is 0.550. The van der Waals surface area contributed by atoms with E-state index in [4.69, 9.17) is 5.73 Å². The fourth-order valence-electron chi connectivity index (χ4n) is 1.77. The van der Waals surface area contributed by atoms with Crippen LogP contribution in [-0.2, 0) is 16.3 Å². The van der Waals surface area contributed by atoms with Gasteiger partial charge in [0.15, 0.2) is 9.84 Å². The van der Waals surface area contributed by atoms with E-state index in [1.165, 1.54) is 0 Å². The normalized spacial score (nSPS) is 11.6. The summed E-state index contributed by atoms with van der Waals surface area (Å²) in [7, 11) is -3.26. The van der Waals surface area contributed by atoms with Gasteiger partial charge in [0.2, 0.25) is 0 Å². The van der Waals surface area contributed by atoms with Crippen LogP contribution >= 0.6 is 11.3 Å². The van der Waals surface area contributed by atoms with Crippen molar-refractivity contribution in [3.63, 3.8) is 0 Å². The first-order valence-corrected chi connectivity index (χ1v) is 8.14. The summed E-state index contributed by atoms with van der Waals surface area (Å²) in [4.78, 5) is 1.43. The number of benzene rings is 1. The van der Waals surface area contributed by atoms with Gasteiger partial charge in [-0.2, -0.15) is 0 Å². The fourth-order valence-corrected chi connectivity index (χ4v) is 4.19. The number of rotatable bonds is 4. The summed E-state index contributed by atoms with van der Waals surface area (Å²) >= 11 is 1.58. The molecule has 96 valence electrons. The van der Waals surface area contributed by atoms with Gasteiger partial charge in [0.05, 0.1) is 10.6 Å². The summed E-state index contributed by atoms with van der Waals surface area (Å²) in [6, 6.07) is 8.90. The predicted molar refractivity (Wildman–Crippen MR) is 75.7 cm³/mol. The topological polar surface area (TPSA) is 60.2 Å². The molecule has 0 unspecified atom stereocenters. The molecular weight excluding hydrogens is 266 g/mol. The number of aryl methyl sites for hydroxylation is 1. The quantitative estimate of drug-likeness (QED) is 0.876. The fraction of sp³-hybridized carbons (Fsp3) is 0.231. The Balaban J connectivity index is 2.23.